The van der Waals surface area contributed by atoms with Gasteiger partial charge in [0.05, 0.1) is 29.7 Å². The van der Waals surface area contributed by atoms with E-state index in [2.05, 4.69) is 33.2 Å². The van der Waals surface area contributed by atoms with E-state index in [0.717, 1.165) is 11.3 Å². The molecule has 0 radical (unpaired) electrons. The summed E-state index contributed by atoms with van der Waals surface area (Å²) in [6.45, 7) is 6.81. The first-order chi connectivity index (χ1) is 16.3. The van der Waals surface area contributed by atoms with Crippen LogP contribution in [0.4, 0.5) is 17.3 Å². The number of amides is 1. The van der Waals surface area contributed by atoms with Gasteiger partial charge in [0.1, 0.15) is 5.76 Å². The van der Waals surface area contributed by atoms with Gasteiger partial charge in [0.25, 0.3) is 5.91 Å². The highest BCUT2D eigenvalue weighted by molar-refractivity contribution is 7.14. The van der Waals surface area contributed by atoms with Crippen molar-refractivity contribution in [3.05, 3.63) is 47.4 Å². The first-order valence-corrected chi connectivity index (χ1v) is 12.3. The molecule has 3 aromatic rings. The number of carbonyl (C=O) groups excluding carboxylic acids is 1. The second kappa shape index (κ2) is 10.00. The predicted molar refractivity (Wildman–Crippen MR) is 128 cm³/mol. The number of phenolic OH excluding ortho intramolecular Hbond substituents is 1. The molecule has 0 bridgehead atoms. The highest BCUT2D eigenvalue weighted by atomic mass is 32.2. The first-order valence-electron chi connectivity index (χ1n) is 11.3. The lowest BCUT2D eigenvalue weighted by Gasteiger charge is -2.18. The summed E-state index contributed by atoms with van der Waals surface area (Å²) in [7, 11) is 0. The van der Waals surface area contributed by atoms with Crippen molar-refractivity contribution < 1.29 is 24.0 Å². The molecular weight excluding hydrogens is 458 g/mol. The van der Waals surface area contributed by atoms with Crippen molar-refractivity contribution in [1.29, 1.82) is 0 Å². The molecule has 182 valence electrons. The van der Waals surface area contributed by atoms with Gasteiger partial charge in [-0.05, 0) is 42.5 Å². The Hall–Kier alpha value is -3.15. The first kappa shape index (κ1) is 24.0. The Kier molecular flexibility index (Phi) is 7.05. The lowest BCUT2D eigenvalue weighted by atomic mass is 10.1. The van der Waals surface area contributed by atoms with E-state index in [1.807, 2.05) is 13.0 Å². The average Bonchev–Trinajstić information content (AvgIpc) is 3.53. The molecule has 0 spiro atoms. The maximum Gasteiger partial charge on any atom is 0.257 e. The molecule has 4 rings (SSSR count). The maximum atomic E-state index is 12.8. The molecule has 3 heterocycles. The van der Waals surface area contributed by atoms with Crippen LogP contribution in [0.1, 0.15) is 67.3 Å². The largest absolute Gasteiger partial charge is 0.546 e. The molecule has 34 heavy (non-hydrogen) atoms. The Labute approximate surface area is 200 Å². The van der Waals surface area contributed by atoms with Crippen molar-refractivity contribution in [3.63, 3.8) is 0 Å². The number of nitrogens with zero attached hydrogens (tertiary/aromatic N) is 3. The van der Waals surface area contributed by atoms with E-state index in [9.17, 15) is 19.6 Å². The van der Waals surface area contributed by atoms with Crippen LogP contribution in [-0.4, -0.2) is 53.5 Å². The number of furan rings is 1. The summed E-state index contributed by atoms with van der Waals surface area (Å²) in [6.07, 6.45) is 2.36. The third kappa shape index (κ3) is 5.01. The zero-order chi connectivity index (χ0) is 24.4. The van der Waals surface area contributed by atoms with Gasteiger partial charge in [-0.1, -0.05) is 26.8 Å². The normalized spacial score (nSPS) is 17.3. The van der Waals surface area contributed by atoms with Crippen molar-refractivity contribution >= 4 is 34.4 Å². The minimum absolute atomic E-state index is 0.105. The predicted octanol–water partition coefficient (Wildman–Crippen LogP) is 4.14. The molecular formula is C23H29N5O5S. The van der Waals surface area contributed by atoms with Crippen LogP contribution >= 0.6 is 11.1 Å². The SMILES string of the molecule is CC[C@@H](Nc1n[s+]([O-])nc1Nc1cccc(C(=O)N2CC[C@@H](O)C2)c1O)c1cc(C(C)C)co1. The smallest absolute Gasteiger partial charge is 0.257 e. The number of β-amino-alcohol motifs (C(OH)–C–C–N with tert-alkyl or cyclic N) is 1. The van der Waals surface area contributed by atoms with Gasteiger partial charge in [0.15, 0.2) is 16.9 Å². The monoisotopic (exact) mass is 487 g/mol. The molecule has 1 fully saturated rings. The average molecular weight is 488 g/mol. The number of aliphatic hydroxyl groups excluding tert-OH is 1. The number of hydrogen-bond donors (Lipinski definition) is 4. The van der Waals surface area contributed by atoms with Crippen LogP contribution in [0.25, 0.3) is 0 Å². The number of benzene rings is 1. The summed E-state index contributed by atoms with van der Waals surface area (Å²) < 4.78 is 25.9. The molecule has 1 aliphatic rings. The molecule has 1 aliphatic heterocycles. The van der Waals surface area contributed by atoms with Gasteiger partial charge < -0.3 is 34.7 Å². The Bertz CT molecular complexity index is 1160. The summed E-state index contributed by atoms with van der Waals surface area (Å²) in [5, 5.41) is 26.7. The molecule has 10 nitrogen and oxygen atoms in total. The lowest BCUT2D eigenvalue weighted by Crippen LogP contribution is -2.29. The number of para-hydroxylation sites is 1. The van der Waals surface area contributed by atoms with E-state index in [0.29, 0.717) is 25.3 Å². The molecule has 0 saturated carbocycles. The maximum absolute atomic E-state index is 12.8. The number of hydrogen-bond acceptors (Lipinski definition) is 9. The van der Waals surface area contributed by atoms with Crippen molar-refractivity contribution in [2.45, 2.75) is 51.7 Å². The number of aromatic hydroxyl groups is 1. The summed E-state index contributed by atoms with van der Waals surface area (Å²) in [5.41, 5.74) is 1.41. The molecule has 1 amide bonds. The molecule has 1 aromatic carbocycles. The fraction of sp³-hybridized carbons (Fsp3) is 0.435. The summed E-state index contributed by atoms with van der Waals surface area (Å²) >= 11 is -1.82. The topological polar surface area (TPSA) is 147 Å². The second-order valence-corrected chi connectivity index (χ2v) is 9.50. The fourth-order valence-electron chi connectivity index (χ4n) is 3.87. The second-order valence-electron chi connectivity index (χ2n) is 8.67. The van der Waals surface area contributed by atoms with E-state index in [4.69, 9.17) is 4.42 Å². The minimum atomic E-state index is -1.82. The van der Waals surface area contributed by atoms with Gasteiger partial charge in [-0.25, -0.2) is 0 Å². The summed E-state index contributed by atoms with van der Waals surface area (Å²) in [6, 6.07) is 6.50. The highest BCUT2D eigenvalue weighted by Crippen LogP contribution is 2.36. The molecule has 0 aliphatic carbocycles. The Morgan fingerprint density at radius 1 is 1.35 bits per heavy atom. The van der Waals surface area contributed by atoms with Crippen molar-refractivity contribution in [3.8, 4) is 5.75 Å². The number of likely N-dealkylation sites (tertiary alicyclic amines) is 1. The molecule has 3 atom stereocenters. The zero-order valence-corrected chi connectivity index (χ0v) is 20.1. The van der Waals surface area contributed by atoms with Crippen LogP contribution in [0.5, 0.6) is 5.75 Å². The number of phenols is 1. The van der Waals surface area contributed by atoms with Crippen molar-refractivity contribution in [2.75, 3.05) is 23.7 Å². The highest BCUT2D eigenvalue weighted by Gasteiger charge is 2.28. The Morgan fingerprint density at radius 2 is 2.12 bits per heavy atom. The summed E-state index contributed by atoms with van der Waals surface area (Å²) in [4.78, 5) is 14.3. The van der Waals surface area contributed by atoms with Crippen LogP contribution in [0.3, 0.4) is 0 Å². The molecule has 2 aromatic heterocycles. The van der Waals surface area contributed by atoms with Crippen LogP contribution in [-0.2, 0) is 0 Å². The van der Waals surface area contributed by atoms with Gasteiger partial charge in [0.2, 0.25) is 11.6 Å². The third-order valence-corrected chi connectivity index (χ3v) is 6.58. The van der Waals surface area contributed by atoms with Gasteiger partial charge in [-0.3, -0.25) is 4.79 Å². The van der Waals surface area contributed by atoms with Crippen LogP contribution in [0.15, 0.2) is 34.9 Å². The van der Waals surface area contributed by atoms with E-state index >= 15 is 0 Å². The summed E-state index contributed by atoms with van der Waals surface area (Å²) in [5.74, 6) is 0.885. The number of aromatic nitrogens is 2. The van der Waals surface area contributed by atoms with E-state index < -0.39 is 17.2 Å². The van der Waals surface area contributed by atoms with E-state index in [1.54, 1.807) is 18.4 Å². The number of rotatable bonds is 8. The number of anilines is 3. The van der Waals surface area contributed by atoms with Crippen LogP contribution < -0.4 is 10.6 Å². The van der Waals surface area contributed by atoms with Crippen molar-refractivity contribution in [2.24, 2.45) is 0 Å². The van der Waals surface area contributed by atoms with Crippen molar-refractivity contribution in [1.82, 2.24) is 13.6 Å². The molecule has 11 heteroatoms. The number of nitrogens with one attached hydrogen (secondary N) is 2. The minimum Gasteiger partial charge on any atom is -0.546 e. The lowest BCUT2D eigenvalue weighted by molar-refractivity contribution is 0.0762. The standard InChI is InChI=1S/C23H29N5O5S/c1-4-17(19-10-14(12-33-19)13(2)3)24-21-22(27-34(32)26-21)25-18-7-5-6-16(20(18)30)23(31)28-9-8-15(29)11-28/h5-7,10,12-13,15,17,29-30H,4,8-9,11H2,1-3H3,(H,24,26)(H,25,27)/t15-,17-,34?/m1/s1. The third-order valence-electron chi connectivity index (χ3n) is 5.90. The van der Waals surface area contributed by atoms with E-state index in [-0.39, 0.29) is 47.1 Å². The molecule has 4 N–H and O–H groups in total. The number of carbonyl (C=O) groups is 1. The Balaban J connectivity index is 1.55. The van der Waals surface area contributed by atoms with Gasteiger partial charge in [-0.15, -0.1) is 0 Å². The molecule has 1 unspecified atom stereocenters. The number of aliphatic hydroxyl groups is 1. The fourth-order valence-corrected chi connectivity index (χ4v) is 4.50. The van der Waals surface area contributed by atoms with Crippen LogP contribution in [0, 0.1) is 0 Å². The van der Waals surface area contributed by atoms with Gasteiger partial charge >= 0.3 is 0 Å². The van der Waals surface area contributed by atoms with Crippen LogP contribution in [0.2, 0.25) is 0 Å². The van der Waals surface area contributed by atoms with Gasteiger partial charge in [-0.2, -0.15) is 0 Å². The quantitative estimate of drug-likeness (QED) is 0.272. The zero-order valence-electron chi connectivity index (χ0n) is 19.3. The molecule has 1 saturated heterocycles. The van der Waals surface area contributed by atoms with E-state index in [1.165, 1.54) is 11.0 Å². The Morgan fingerprint density at radius 3 is 2.76 bits per heavy atom. The van der Waals surface area contributed by atoms with Gasteiger partial charge in [0, 0.05) is 21.8 Å².